The molecule has 0 amide bonds. The zero-order valence-corrected chi connectivity index (χ0v) is 22.8. The van der Waals surface area contributed by atoms with Gasteiger partial charge in [0, 0.05) is 35.1 Å². The number of benzene rings is 1. The molecule has 1 aromatic rings. The van der Waals surface area contributed by atoms with E-state index in [0.717, 1.165) is 31.5 Å². The Labute approximate surface area is 218 Å². The minimum atomic E-state index is -0.658. The molecule has 2 atom stereocenters. The van der Waals surface area contributed by atoms with Gasteiger partial charge in [0.2, 0.25) is 0 Å². The van der Waals surface area contributed by atoms with E-state index in [4.69, 9.17) is 32.7 Å². The van der Waals surface area contributed by atoms with Crippen molar-refractivity contribution >= 4 is 29.2 Å². The number of halogens is 3. The van der Waals surface area contributed by atoms with Crippen LogP contribution in [-0.4, -0.2) is 47.8 Å². The largest absolute Gasteiger partial charge is 0.456 e. The third-order valence-corrected chi connectivity index (χ3v) is 7.38. The fourth-order valence-corrected chi connectivity index (χ4v) is 5.58. The maximum atomic E-state index is 15.2. The summed E-state index contributed by atoms with van der Waals surface area (Å²) in [7, 11) is 0. The lowest BCUT2D eigenvalue weighted by molar-refractivity contribution is -0.149. The Bertz CT molecular complexity index is 1020. The molecule has 0 N–H and O–H groups in total. The number of allylic oxidation sites excluding steroid dienone is 1. The van der Waals surface area contributed by atoms with E-state index in [1.165, 1.54) is 5.57 Å². The van der Waals surface area contributed by atoms with Gasteiger partial charge in [-0.3, -0.25) is 4.90 Å². The second-order valence-corrected chi connectivity index (χ2v) is 12.6. The summed E-state index contributed by atoms with van der Waals surface area (Å²) in [6.45, 7) is 11.8. The van der Waals surface area contributed by atoms with E-state index in [1.54, 1.807) is 32.9 Å². The molecule has 35 heavy (non-hydrogen) atoms. The third kappa shape index (κ3) is 6.88. The first-order valence-corrected chi connectivity index (χ1v) is 13.2. The summed E-state index contributed by atoms with van der Waals surface area (Å²) in [4.78, 5) is 15.1. The van der Waals surface area contributed by atoms with Gasteiger partial charge >= 0.3 is 5.97 Å². The van der Waals surface area contributed by atoms with E-state index in [9.17, 15) is 4.79 Å². The molecule has 2 unspecified atom stereocenters. The molecule has 0 bridgehead atoms. The van der Waals surface area contributed by atoms with Crippen molar-refractivity contribution in [3.05, 3.63) is 56.9 Å². The van der Waals surface area contributed by atoms with Gasteiger partial charge in [-0.15, -0.1) is 0 Å². The number of hydrogen-bond acceptors (Lipinski definition) is 4. The topological polar surface area (TPSA) is 38.8 Å². The van der Waals surface area contributed by atoms with Gasteiger partial charge in [0.15, 0.2) is 0 Å². The standard InChI is InChI=1S/C28H36Cl2FNO3/c1-27(2,3)35-26(33)24-13-23(18-6-7-18)19(11-25(24)31)14-32-15-22(34-16-28(32,4)5)10-17-8-20(29)12-21(30)9-17/h8-9,12-13,18-19,22H,6-7,10-11,14-16H2,1-5H3. The summed E-state index contributed by atoms with van der Waals surface area (Å²) in [5.74, 6) is -0.477. The lowest BCUT2D eigenvalue weighted by Crippen LogP contribution is -2.57. The Balaban J connectivity index is 1.49. The Hall–Kier alpha value is -1.40. The molecule has 192 valence electrons. The van der Waals surface area contributed by atoms with E-state index in [2.05, 4.69) is 18.7 Å². The average Bonchev–Trinajstić information content (AvgIpc) is 3.54. The number of hydrogen-bond donors (Lipinski definition) is 0. The van der Waals surface area contributed by atoms with Crippen molar-refractivity contribution in [3.63, 3.8) is 0 Å². The lowest BCUT2D eigenvalue weighted by Gasteiger charge is -2.47. The SMILES string of the molecule is CC(C)(C)OC(=O)C1=C(F)CC(CN2CC(Cc3cc(Cl)cc(Cl)c3)OCC2(C)C)C(C2CC2)=C1. The van der Waals surface area contributed by atoms with Gasteiger partial charge in [-0.1, -0.05) is 28.8 Å². The van der Waals surface area contributed by atoms with Crippen LogP contribution in [0.15, 0.2) is 41.2 Å². The second-order valence-electron chi connectivity index (χ2n) is 11.8. The highest BCUT2D eigenvalue weighted by Crippen LogP contribution is 2.46. The zero-order chi connectivity index (χ0) is 25.5. The summed E-state index contributed by atoms with van der Waals surface area (Å²) in [5, 5.41) is 1.23. The molecule has 0 aromatic heterocycles. The lowest BCUT2D eigenvalue weighted by atomic mass is 9.83. The smallest absolute Gasteiger partial charge is 0.341 e. The van der Waals surface area contributed by atoms with E-state index in [-0.39, 0.29) is 35.4 Å². The van der Waals surface area contributed by atoms with E-state index in [1.807, 2.05) is 12.1 Å². The van der Waals surface area contributed by atoms with Gasteiger partial charge in [-0.2, -0.15) is 0 Å². The van der Waals surface area contributed by atoms with E-state index in [0.29, 0.717) is 29.0 Å². The van der Waals surface area contributed by atoms with Crippen molar-refractivity contribution in [2.75, 3.05) is 19.7 Å². The summed E-state index contributed by atoms with van der Waals surface area (Å²) in [5.41, 5.74) is 1.49. The van der Waals surface area contributed by atoms with Crippen LogP contribution in [0.2, 0.25) is 10.0 Å². The Kier molecular flexibility index (Phi) is 7.74. The zero-order valence-electron chi connectivity index (χ0n) is 21.3. The molecule has 1 heterocycles. The molecule has 1 aromatic carbocycles. The molecule has 1 saturated heterocycles. The number of rotatable bonds is 6. The highest BCUT2D eigenvalue weighted by molar-refractivity contribution is 6.34. The summed E-state index contributed by atoms with van der Waals surface area (Å²) in [6, 6.07) is 5.58. The van der Waals surface area contributed by atoms with Gasteiger partial charge in [0.05, 0.1) is 18.3 Å². The first kappa shape index (κ1) is 26.7. The number of carbonyl (C=O) groups excluding carboxylic acids is 1. The second kappa shape index (κ2) is 10.2. The van der Waals surface area contributed by atoms with Crippen LogP contribution in [0.5, 0.6) is 0 Å². The highest BCUT2D eigenvalue weighted by Gasteiger charge is 2.41. The fourth-order valence-electron chi connectivity index (χ4n) is 5.01. The minimum Gasteiger partial charge on any atom is -0.456 e. The van der Waals surface area contributed by atoms with Crippen molar-refractivity contribution in [1.29, 1.82) is 0 Å². The van der Waals surface area contributed by atoms with Crippen LogP contribution in [0.25, 0.3) is 0 Å². The predicted octanol–water partition coefficient (Wildman–Crippen LogP) is 6.94. The van der Waals surface area contributed by atoms with Crippen LogP contribution in [0.3, 0.4) is 0 Å². The Morgan fingerprint density at radius 2 is 1.86 bits per heavy atom. The summed E-state index contributed by atoms with van der Waals surface area (Å²) >= 11 is 12.4. The van der Waals surface area contributed by atoms with Crippen LogP contribution in [0.4, 0.5) is 4.39 Å². The number of ether oxygens (including phenoxy) is 2. The molecule has 1 aliphatic heterocycles. The molecule has 4 nitrogen and oxygen atoms in total. The Morgan fingerprint density at radius 1 is 1.20 bits per heavy atom. The van der Waals surface area contributed by atoms with Crippen molar-refractivity contribution in [1.82, 2.24) is 4.90 Å². The molecule has 7 heteroatoms. The molecule has 2 aliphatic carbocycles. The maximum absolute atomic E-state index is 15.2. The predicted molar refractivity (Wildman–Crippen MR) is 138 cm³/mol. The molecule has 4 rings (SSSR count). The number of carbonyl (C=O) groups is 1. The number of esters is 1. The molecule has 1 saturated carbocycles. The fraction of sp³-hybridized carbons (Fsp3) is 0.607. The van der Waals surface area contributed by atoms with Crippen LogP contribution < -0.4 is 0 Å². The van der Waals surface area contributed by atoms with Crippen LogP contribution in [-0.2, 0) is 20.7 Å². The highest BCUT2D eigenvalue weighted by atomic mass is 35.5. The van der Waals surface area contributed by atoms with Crippen molar-refractivity contribution in [3.8, 4) is 0 Å². The van der Waals surface area contributed by atoms with Crippen molar-refractivity contribution in [2.24, 2.45) is 11.8 Å². The molecule has 3 aliphatic rings. The number of morpholine rings is 1. The van der Waals surface area contributed by atoms with E-state index >= 15 is 4.39 Å². The molecule has 2 fully saturated rings. The van der Waals surface area contributed by atoms with Crippen molar-refractivity contribution < 1.29 is 18.7 Å². The van der Waals surface area contributed by atoms with Crippen molar-refractivity contribution in [2.45, 2.75) is 77.5 Å². The van der Waals surface area contributed by atoms with Gasteiger partial charge in [0.1, 0.15) is 11.4 Å². The van der Waals surface area contributed by atoms with Crippen LogP contribution >= 0.6 is 23.2 Å². The van der Waals surface area contributed by atoms with Gasteiger partial charge in [-0.25, -0.2) is 9.18 Å². The Morgan fingerprint density at radius 3 is 2.46 bits per heavy atom. The summed E-state index contributed by atoms with van der Waals surface area (Å²) < 4.78 is 26.9. The molecule has 0 radical (unpaired) electrons. The molecular formula is C28H36Cl2FNO3. The average molecular weight is 525 g/mol. The van der Waals surface area contributed by atoms with E-state index < -0.39 is 11.6 Å². The normalized spacial score (nSPS) is 25.4. The molecular weight excluding hydrogens is 488 g/mol. The number of nitrogens with zero attached hydrogens (tertiary/aromatic N) is 1. The monoisotopic (exact) mass is 523 g/mol. The maximum Gasteiger partial charge on any atom is 0.341 e. The quantitative estimate of drug-likeness (QED) is 0.378. The van der Waals surface area contributed by atoms with Gasteiger partial charge in [-0.05, 0) is 95.6 Å². The third-order valence-electron chi connectivity index (χ3n) is 6.95. The summed E-state index contributed by atoms with van der Waals surface area (Å²) in [6.07, 6.45) is 4.91. The first-order chi connectivity index (χ1) is 16.3. The molecule has 0 spiro atoms. The minimum absolute atomic E-state index is 0.00721. The van der Waals surface area contributed by atoms with Crippen LogP contribution in [0, 0.1) is 11.8 Å². The first-order valence-electron chi connectivity index (χ1n) is 12.5. The van der Waals surface area contributed by atoms with Gasteiger partial charge < -0.3 is 9.47 Å². The van der Waals surface area contributed by atoms with Gasteiger partial charge in [0.25, 0.3) is 0 Å². The van der Waals surface area contributed by atoms with Crippen LogP contribution in [0.1, 0.15) is 59.4 Å².